The Hall–Kier alpha value is -0.960. The predicted molar refractivity (Wildman–Crippen MR) is 64.6 cm³/mol. The van der Waals surface area contributed by atoms with Crippen molar-refractivity contribution in [2.75, 3.05) is 6.54 Å². The van der Waals surface area contributed by atoms with Crippen LogP contribution in [0, 0.1) is 17.0 Å². The van der Waals surface area contributed by atoms with Crippen molar-refractivity contribution in [3.8, 4) is 0 Å². The van der Waals surface area contributed by atoms with Crippen molar-refractivity contribution in [1.29, 1.82) is 0 Å². The Labute approximate surface area is 101 Å². The number of hydrogen-bond donors (Lipinski definition) is 1. The molecule has 0 bridgehead atoms. The van der Waals surface area contributed by atoms with Gasteiger partial charge in [0.05, 0.1) is 0 Å². The summed E-state index contributed by atoms with van der Waals surface area (Å²) in [6.45, 7) is 0.558. The van der Waals surface area contributed by atoms with Crippen LogP contribution in [0.25, 0.3) is 0 Å². The van der Waals surface area contributed by atoms with Crippen LogP contribution in [-0.4, -0.2) is 6.54 Å². The zero-order valence-corrected chi connectivity index (χ0v) is 10.0. The molecule has 0 atom stereocenters. The summed E-state index contributed by atoms with van der Waals surface area (Å²) in [4.78, 5) is 0. The van der Waals surface area contributed by atoms with E-state index in [1.165, 1.54) is 6.42 Å². The van der Waals surface area contributed by atoms with Crippen molar-refractivity contribution in [3.63, 3.8) is 0 Å². The van der Waals surface area contributed by atoms with Gasteiger partial charge in [-0.1, -0.05) is 31.4 Å². The van der Waals surface area contributed by atoms with E-state index < -0.39 is 11.6 Å². The molecule has 1 saturated carbocycles. The highest BCUT2D eigenvalue weighted by molar-refractivity contribution is 5.20. The van der Waals surface area contributed by atoms with E-state index in [1.54, 1.807) is 12.1 Å². The SMILES string of the molecule is NCC1(Cc2cccc(F)c2F)CCCCC1. The van der Waals surface area contributed by atoms with Gasteiger partial charge in [-0.05, 0) is 42.9 Å². The lowest BCUT2D eigenvalue weighted by atomic mass is 9.70. The monoisotopic (exact) mass is 239 g/mol. The molecule has 94 valence electrons. The molecule has 0 heterocycles. The molecule has 0 spiro atoms. The first-order valence-electron chi connectivity index (χ1n) is 6.30. The summed E-state index contributed by atoms with van der Waals surface area (Å²) in [5, 5.41) is 0. The van der Waals surface area contributed by atoms with E-state index >= 15 is 0 Å². The number of halogens is 2. The molecule has 0 amide bonds. The highest BCUT2D eigenvalue weighted by Crippen LogP contribution is 2.38. The van der Waals surface area contributed by atoms with Gasteiger partial charge in [0.15, 0.2) is 11.6 Å². The maximum atomic E-state index is 13.6. The fraction of sp³-hybridized carbons (Fsp3) is 0.571. The lowest BCUT2D eigenvalue weighted by Crippen LogP contribution is -2.35. The third kappa shape index (κ3) is 2.65. The van der Waals surface area contributed by atoms with Gasteiger partial charge in [-0.25, -0.2) is 8.78 Å². The molecule has 2 rings (SSSR count). The van der Waals surface area contributed by atoms with Crippen molar-refractivity contribution in [1.82, 2.24) is 0 Å². The molecule has 1 aromatic carbocycles. The Kier molecular flexibility index (Phi) is 3.77. The van der Waals surface area contributed by atoms with Crippen LogP contribution in [0.5, 0.6) is 0 Å². The summed E-state index contributed by atoms with van der Waals surface area (Å²) < 4.78 is 26.8. The topological polar surface area (TPSA) is 26.0 Å². The maximum Gasteiger partial charge on any atom is 0.162 e. The normalized spacial score (nSPS) is 19.2. The molecule has 1 fully saturated rings. The Balaban J connectivity index is 2.20. The largest absolute Gasteiger partial charge is 0.330 e. The van der Waals surface area contributed by atoms with Gasteiger partial charge in [-0.2, -0.15) is 0 Å². The third-order valence-corrected chi connectivity index (χ3v) is 3.94. The molecule has 2 N–H and O–H groups in total. The first-order valence-corrected chi connectivity index (χ1v) is 6.30. The lowest BCUT2D eigenvalue weighted by Gasteiger charge is -2.36. The molecule has 3 heteroatoms. The van der Waals surface area contributed by atoms with Crippen molar-refractivity contribution >= 4 is 0 Å². The second-order valence-electron chi connectivity index (χ2n) is 5.15. The van der Waals surface area contributed by atoms with Crippen LogP contribution in [0.3, 0.4) is 0 Å². The van der Waals surface area contributed by atoms with Crippen molar-refractivity contribution in [2.24, 2.45) is 11.1 Å². The summed E-state index contributed by atoms with van der Waals surface area (Å²) >= 11 is 0. The Morgan fingerprint density at radius 2 is 1.82 bits per heavy atom. The minimum atomic E-state index is -0.759. The lowest BCUT2D eigenvalue weighted by molar-refractivity contribution is 0.195. The smallest absolute Gasteiger partial charge is 0.162 e. The summed E-state index contributed by atoms with van der Waals surface area (Å²) in [5.41, 5.74) is 6.31. The number of benzene rings is 1. The van der Waals surface area contributed by atoms with Crippen LogP contribution >= 0.6 is 0 Å². The maximum absolute atomic E-state index is 13.6. The molecule has 1 aromatic rings. The van der Waals surface area contributed by atoms with Crippen LogP contribution in [0.4, 0.5) is 8.78 Å². The molecule has 0 aromatic heterocycles. The molecule has 1 nitrogen and oxygen atoms in total. The number of rotatable bonds is 3. The van der Waals surface area contributed by atoms with Crippen LogP contribution < -0.4 is 5.73 Å². The minimum Gasteiger partial charge on any atom is -0.330 e. The Morgan fingerprint density at radius 1 is 1.12 bits per heavy atom. The van der Waals surface area contributed by atoms with Gasteiger partial charge in [-0.15, -0.1) is 0 Å². The zero-order chi connectivity index (χ0) is 12.3. The highest BCUT2D eigenvalue weighted by Gasteiger charge is 2.31. The van der Waals surface area contributed by atoms with E-state index in [9.17, 15) is 8.78 Å². The van der Waals surface area contributed by atoms with E-state index in [2.05, 4.69) is 0 Å². The summed E-state index contributed by atoms with van der Waals surface area (Å²) in [6, 6.07) is 4.40. The molecule has 0 aliphatic heterocycles. The third-order valence-electron chi connectivity index (χ3n) is 3.94. The fourth-order valence-electron chi connectivity index (χ4n) is 2.84. The van der Waals surface area contributed by atoms with Gasteiger partial charge in [0, 0.05) is 0 Å². The molecule has 17 heavy (non-hydrogen) atoms. The van der Waals surface area contributed by atoms with Crippen LogP contribution in [-0.2, 0) is 6.42 Å². The first-order chi connectivity index (χ1) is 8.17. The van der Waals surface area contributed by atoms with E-state index in [-0.39, 0.29) is 5.41 Å². The van der Waals surface area contributed by atoms with Gasteiger partial charge < -0.3 is 5.73 Å². The van der Waals surface area contributed by atoms with Crippen LogP contribution in [0.1, 0.15) is 37.7 Å². The average Bonchev–Trinajstić information content (AvgIpc) is 2.36. The summed E-state index contributed by atoms with van der Waals surface area (Å²) in [7, 11) is 0. The van der Waals surface area contributed by atoms with Crippen molar-refractivity contribution in [3.05, 3.63) is 35.4 Å². The number of nitrogens with two attached hydrogens (primary N) is 1. The van der Waals surface area contributed by atoms with Gasteiger partial charge in [0.2, 0.25) is 0 Å². The second kappa shape index (κ2) is 5.13. The highest BCUT2D eigenvalue weighted by atomic mass is 19.2. The Morgan fingerprint density at radius 3 is 2.47 bits per heavy atom. The minimum absolute atomic E-state index is 0.0209. The van der Waals surface area contributed by atoms with Gasteiger partial charge >= 0.3 is 0 Å². The van der Waals surface area contributed by atoms with Gasteiger partial charge in [0.1, 0.15) is 0 Å². The molecule has 0 saturated heterocycles. The second-order valence-corrected chi connectivity index (χ2v) is 5.15. The van der Waals surface area contributed by atoms with Crippen molar-refractivity contribution in [2.45, 2.75) is 38.5 Å². The first kappa shape index (κ1) is 12.5. The standard InChI is InChI=1S/C14H19F2N/c15-12-6-4-5-11(13(12)16)9-14(10-17)7-2-1-3-8-14/h4-6H,1-3,7-10,17H2. The quantitative estimate of drug-likeness (QED) is 0.859. The van der Waals surface area contributed by atoms with Crippen LogP contribution in [0.15, 0.2) is 18.2 Å². The molecular weight excluding hydrogens is 220 g/mol. The van der Waals surface area contributed by atoms with E-state index in [0.29, 0.717) is 18.5 Å². The number of hydrogen-bond acceptors (Lipinski definition) is 1. The van der Waals surface area contributed by atoms with E-state index in [1.807, 2.05) is 0 Å². The van der Waals surface area contributed by atoms with Crippen molar-refractivity contribution < 1.29 is 8.78 Å². The Bertz CT molecular complexity index is 384. The molecule has 0 unspecified atom stereocenters. The van der Waals surface area contributed by atoms with Gasteiger partial charge in [-0.3, -0.25) is 0 Å². The van der Waals surface area contributed by atoms with E-state index in [4.69, 9.17) is 5.73 Å². The molecule has 0 radical (unpaired) electrons. The summed E-state index contributed by atoms with van der Waals surface area (Å²) in [6.07, 6.45) is 6.14. The zero-order valence-electron chi connectivity index (χ0n) is 10.0. The molecule has 1 aliphatic rings. The predicted octanol–water partition coefficient (Wildman–Crippen LogP) is 3.42. The van der Waals surface area contributed by atoms with Crippen LogP contribution in [0.2, 0.25) is 0 Å². The molecular formula is C14H19F2N. The average molecular weight is 239 g/mol. The van der Waals surface area contributed by atoms with E-state index in [0.717, 1.165) is 31.7 Å². The fourth-order valence-corrected chi connectivity index (χ4v) is 2.84. The molecule has 1 aliphatic carbocycles. The van der Waals surface area contributed by atoms with Gasteiger partial charge in [0.25, 0.3) is 0 Å². The summed E-state index contributed by atoms with van der Waals surface area (Å²) in [5.74, 6) is -1.46.